The Labute approximate surface area is 205 Å². The van der Waals surface area contributed by atoms with Crippen LogP contribution in [0.4, 0.5) is 0 Å². The van der Waals surface area contributed by atoms with Crippen LogP contribution in [-0.2, 0) is 16.0 Å². The second-order valence-electron chi connectivity index (χ2n) is 8.84. The molecule has 0 radical (unpaired) electrons. The fourth-order valence-corrected chi connectivity index (χ4v) is 6.22. The molecular formula is C27H33ClO4S. The Morgan fingerprint density at radius 3 is 2.82 bits per heavy atom. The van der Waals surface area contributed by atoms with E-state index in [1.165, 1.54) is 0 Å². The van der Waals surface area contributed by atoms with Gasteiger partial charge in [-0.05, 0) is 50.0 Å². The van der Waals surface area contributed by atoms with Crippen LogP contribution in [-0.4, -0.2) is 28.1 Å². The second kappa shape index (κ2) is 12.5. The number of hydrogen-bond acceptors (Lipinski definition) is 4. The number of carboxylic acids is 1. The molecule has 1 saturated carbocycles. The zero-order chi connectivity index (χ0) is 23.8. The molecule has 33 heavy (non-hydrogen) atoms. The highest BCUT2D eigenvalue weighted by Gasteiger charge is 2.39. The van der Waals surface area contributed by atoms with E-state index in [4.69, 9.17) is 16.7 Å². The van der Waals surface area contributed by atoms with Crippen LogP contribution >= 0.6 is 22.9 Å². The average Bonchev–Trinajstić information content (AvgIpc) is 3.29. The van der Waals surface area contributed by atoms with Gasteiger partial charge in [0.15, 0.2) is 0 Å². The highest BCUT2D eigenvalue weighted by atomic mass is 35.5. The lowest BCUT2D eigenvalue weighted by Gasteiger charge is -2.19. The van der Waals surface area contributed by atoms with Crippen molar-refractivity contribution in [2.45, 2.75) is 64.4 Å². The number of allylic oxidation sites excluding steroid dienone is 3. The van der Waals surface area contributed by atoms with Crippen LogP contribution in [0.5, 0.6) is 0 Å². The van der Waals surface area contributed by atoms with Gasteiger partial charge in [-0.1, -0.05) is 67.4 Å². The Balaban J connectivity index is 1.56. The van der Waals surface area contributed by atoms with Crippen LogP contribution in [0.15, 0.2) is 48.6 Å². The Morgan fingerprint density at radius 1 is 1.30 bits per heavy atom. The molecule has 0 amide bonds. The normalized spacial score (nSPS) is 22.2. The number of carbonyl (C=O) groups excluding carboxylic acids is 1. The van der Waals surface area contributed by atoms with Gasteiger partial charge in [-0.15, -0.1) is 11.3 Å². The van der Waals surface area contributed by atoms with Gasteiger partial charge in [-0.2, -0.15) is 0 Å². The van der Waals surface area contributed by atoms with Crippen LogP contribution in [0.3, 0.4) is 0 Å². The zero-order valence-electron chi connectivity index (χ0n) is 19.1. The van der Waals surface area contributed by atoms with Gasteiger partial charge in [-0.25, -0.2) is 0 Å². The predicted molar refractivity (Wildman–Crippen MR) is 136 cm³/mol. The molecule has 0 saturated heterocycles. The van der Waals surface area contributed by atoms with Crippen molar-refractivity contribution >= 4 is 44.8 Å². The van der Waals surface area contributed by atoms with Gasteiger partial charge in [0, 0.05) is 33.7 Å². The lowest BCUT2D eigenvalue weighted by atomic mass is 9.85. The molecule has 4 nitrogen and oxygen atoms in total. The molecule has 1 aliphatic carbocycles. The minimum absolute atomic E-state index is 0.0637. The summed E-state index contributed by atoms with van der Waals surface area (Å²) in [6.45, 7) is 2.11. The Kier molecular flexibility index (Phi) is 9.72. The molecule has 0 aliphatic heterocycles. The summed E-state index contributed by atoms with van der Waals surface area (Å²) in [5.41, 5.74) is 0. The Morgan fingerprint density at radius 2 is 2.09 bits per heavy atom. The fraction of sp³-hybridized carbons (Fsp3) is 0.481. The fourth-order valence-electron chi connectivity index (χ4n) is 4.67. The molecule has 0 spiro atoms. The number of benzene rings is 1. The first kappa shape index (κ1) is 25.7. The maximum atomic E-state index is 12.6. The number of carboxylic acid groups (broad SMARTS) is 1. The molecule has 4 atom stereocenters. The second-order valence-corrected chi connectivity index (χ2v) is 10.4. The molecule has 3 rings (SSSR count). The number of ketones is 1. The number of halogens is 1. The molecule has 1 heterocycles. The van der Waals surface area contributed by atoms with Crippen molar-refractivity contribution in [2.24, 2.45) is 17.8 Å². The third kappa shape index (κ3) is 7.02. The number of thiophene rings is 1. The SMILES string of the molecule is CC[C@@H]1CC(=O)[C@H](C/C=C\CCCC(=O)O)[C@H]1/C=C/C(O)CCc1sc2ccccc2c1Cl. The van der Waals surface area contributed by atoms with E-state index in [1.807, 2.05) is 36.4 Å². The van der Waals surface area contributed by atoms with Gasteiger partial charge in [-0.3, -0.25) is 9.59 Å². The summed E-state index contributed by atoms with van der Waals surface area (Å²) in [5.74, 6) is -0.111. The van der Waals surface area contributed by atoms with Crippen molar-refractivity contribution < 1.29 is 19.8 Å². The summed E-state index contributed by atoms with van der Waals surface area (Å²) in [7, 11) is 0. The van der Waals surface area contributed by atoms with Crippen molar-refractivity contribution in [3.05, 3.63) is 58.5 Å². The molecule has 0 bridgehead atoms. The van der Waals surface area contributed by atoms with E-state index >= 15 is 0 Å². The minimum atomic E-state index is -0.779. The van der Waals surface area contributed by atoms with Crippen molar-refractivity contribution in [3.63, 3.8) is 0 Å². The first-order valence-corrected chi connectivity index (χ1v) is 13.0. The average molecular weight is 489 g/mol. The van der Waals surface area contributed by atoms with Crippen LogP contribution in [0.25, 0.3) is 10.1 Å². The van der Waals surface area contributed by atoms with Gasteiger partial charge in [0.1, 0.15) is 5.78 Å². The summed E-state index contributed by atoms with van der Waals surface area (Å²) >= 11 is 8.21. The lowest BCUT2D eigenvalue weighted by molar-refractivity contribution is -0.137. The largest absolute Gasteiger partial charge is 0.481 e. The number of unbranched alkanes of at least 4 members (excludes halogenated alkanes) is 1. The highest BCUT2D eigenvalue weighted by molar-refractivity contribution is 7.19. The van der Waals surface area contributed by atoms with E-state index in [9.17, 15) is 14.7 Å². The number of Topliss-reactive ketones (excluding diaryl/α,β-unsaturated/α-hetero) is 1. The first-order chi connectivity index (χ1) is 15.9. The number of aliphatic hydroxyl groups is 1. The number of rotatable bonds is 12. The number of carbonyl (C=O) groups is 2. The van der Waals surface area contributed by atoms with Gasteiger partial charge in [0.05, 0.1) is 11.1 Å². The van der Waals surface area contributed by atoms with Gasteiger partial charge >= 0.3 is 5.97 Å². The van der Waals surface area contributed by atoms with Gasteiger partial charge in [0.25, 0.3) is 0 Å². The summed E-state index contributed by atoms with van der Waals surface area (Å²) < 4.78 is 1.16. The quantitative estimate of drug-likeness (QED) is 0.253. The monoisotopic (exact) mass is 488 g/mol. The summed E-state index contributed by atoms with van der Waals surface area (Å²) in [6.07, 6.45) is 12.3. The van der Waals surface area contributed by atoms with Crippen molar-refractivity contribution in [1.82, 2.24) is 0 Å². The molecule has 178 valence electrons. The number of aryl methyl sites for hydroxylation is 1. The number of aliphatic carboxylic acids is 1. The smallest absolute Gasteiger partial charge is 0.303 e. The predicted octanol–water partition coefficient (Wildman–Crippen LogP) is 6.84. The first-order valence-electron chi connectivity index (χ1n) is 11.8. The molecule has 1 aliphatic rings. The van der Waals surface area contributed by atoms with E-state index in [0.29, 0.717) is 50.2 Å². The van der Waals surface area contributed by atoms with E-state index in [0.717, 1.165) is 26.4 Å². The standard InChI is InChI=1S/C27H33ClO4S/c1-2-18-17-23(30)21(9-5-3-4-6-12-26(31)32)20(18)15-13-19(29)14-16-25-27(28)22-10-7-8-11-24(22)33-25/h3,5,7-8,10-11,13,15,18-21,29H,2,4,6,9,12,14,16-17H2,1H3,(H,31,32)/b5-3-,15-13+/t18-,19?,20+,21-/m1/s1. The highest BCUT2D eigenvalue weighted by Crippen LogP contribution is 2.40. The molecule has 6 heteroatoms. The molecule has 1 unspecified atom stereocenters. The number of aliphatic hydroxyl groups excluding tert-OH is 1. The lowest BCUT2D eigenvalue weighted by Crippen LogP contribution is -2.16. The van der Waals surface area contributed by atoms with E-state index in [-0.39, 0.29) is 18.3 Å². The molecule has 1 fully saturated rings. The van der Waals surface area contributed by atoms with Crippen LogP contribution < -0.4 is 0 Å². The van der Waals surface area contributed by atoms with E-state index in [2.05, 4.69) is 19.1 Å². The van der Waals surface area contributed by atoms with Crippen LogP contribution in [0.2, 0.25) is 5.02 Å². The molecular weight excluding hydrogens is 456 g/mol. The van der Waals surface area contributed by atoms with Crippen molar-refractivity contribution in [2.75, 3.05) is 0 Å². The van der Waals surface area contributed by atoms with Gasteiger partial charge < -0.3 is 10.2 Å². The van der Waals surface area contributed by atoms with E-state index < -0.39 is 12.1 Å². The van der Waals surface area contributed by atoms with E-state index in [1.54, 1.807) is 11.3 Å². The van der Waals surface area contributed by atoms with Crippen molar-refractivity contribution in [1.29, 1.82) is 0 Å². The zero-order valence-corrected chi connectivity index (χ0v) is 20.7. The number of fused-ring (bicyclic) bond motifs is 1. The molecule has 1 aromatic carbocycles. The molecule has 2 N–H and O–H groups in total. The van der Waals surface area contributed by atoms with Crippen LogP contribution in [0, 0.1) is 17.8 Å². The van der Waals surface area contributed by atoms with Crippen molar-refractivity contribution in [3.8, 4) is 0 Å². The Hall–Kier alpha value is -1.95. The summed E-state index contributed by atoms with van der Waals surface area (Å²) in [6, 6.07) is 8.08. The maximum Gasteiger partial charge on any atom is 0.303 e. The Bertz CT molecular complexity index is 1010. The summed E-state index contributed by atoms with van der Waals surface area (Å²) in [5, 5.41) is 21.2. The number of hydrogen-bond donors (Lipinski definition) is 2. The van der Waals surface area contributed by atoms with Gasteiger partial charge in [0.2, 0.25) is 0 Å². The third-order valence-corrected chi connectivity index (χ3v) is 8.33. The summed E-state index contributed by atoms with van der Waals surface area (Å²) in [4.78, 5) is 24.3. The third-order valence-electron chi connectivity index (χ3n) is 6.55. The minimum Gasteiger partial charge on any atom is -0.481 e. The topological polar surface area (TPSA) is 74.6 Å². The molecule has 2 aromatic rings. The van der Waals surface area contributed by atoms with Crippen LogP contribution in [0.1, 0.15) is 56.7 Å². The maximum absolute atomic E-state index is 12.6. The molecule has 1 aromatic heterocycles.